The Bertz CT molecular complexity index is 807. The molecule has 0 aliphatic carbocycles. The van der Waals surface area contributed by atoms with Crippen LogP contribution in [0.1, 0.15) is 6.42 Å². The minimum absolute atomic E-state index is 0.0596. The summed E-state index contributed by atoms with van der Waals surface area (Å²) in [6.07, 6.45) is 0.412. The summed E-state index contributed by atoms with van der Waals surface area (Å²) in [7, 11) is 3.15. The van der Waals surface area contributed by atoms with Crippen LogP contribution in [0.15, 0.2) is 42.5 Å². The van der Waals surface area contributed by atoms with E-state index in [1.807, 2.05) is 12.1 Å². The van der Waals surface area contributed by atoms with E-state index in [0.29, 0.717) is 29.3 Å². The van der Waals surface area contributed by atoms with Crippen molar-refractivity contribution in [2.75, 3.05) is 57.2 Å². The Morgan fingerprint density at radius 2 is 1.89 bits per heavy atom. The topological polar surface area (TPSA) is 55.2 Å². The number of benzene rings is 2. The molecule has 1 heterocycles. The number of rotatable bonds is 7. The van der Waals surface area contributed by atoms with Gasteiger partial charge >= 0.3 is 0 Å². The quantitative estimate of drug-likeness (QED) is 0.756. The fourth-order valence-corrected chi connectivity index (χ4v) is 3.44. The maximum absolute atomic E-state index is 13.9. The van der Waals surface area contributed by atoms with Crippen LogP contribution < -0.4 is 24.6 Å². The molecule has 3 rings (SSSR count). The minimum atomic E-state index is -0.183. The van der Waals surface area contributed by atoms with Crippen molar-refractivity contribution in [1.82, 2.24) is 0 Å². The van der Waals surface area contributed by atoms with E-state index in [4.69, 9.17) is 9.47 Å². The van der Waals surface area contributed by atoms with Gasteiger partial charge in [-0.2, -0.15) is 0 Å². The molecule has 7 heteroatoms. The normalized spacial score (nSPS) is 14.6. The molecule has 28 heavy (non-hydrogen) atoms. The molecule has 0 spiro atoms. The van der Waals surface area contributed by atoms with Gasteiger partial charge in [-0.05, 0) is 24.3 Å². The second-order valence-electron chi connectivity index (χ2n) is 6.80. The molecule has 1 saturated heterocycles. The maximum Gasteiger partial charge on any atom is 0.230 e. The van der Waals surface area contributed by atoms with Crippen molar-refractivity contribution in [2.24, 2.45) is 0 Å². The summed E-state index contributed by atoms with van der Waals surface area (Å²) < 4.78 is 24.4. The second kappa shape index (κ2) is 9.41. The Morgan fingerprint density at radius 1 is 1.14 bits per heavy atom. The van der Waals surface area contributed by atoms with Gasteiger partial charge in [-0.25, -0.2) is 4.39 Å². The lowest BCUT2D eigenvalue weighted by Crippen LogP contribution is -3.15. The number of quaternary nitrogens is 1. The number of methoxy groups -OCH3 is 2. The molecule has 0 radical (unpaired) electrons. The van der Waals surface area contributed by atoms with Gasteiger partial charge in [0.1, 0.15) is 17.3 Å². The van der Waals surface area contributed by atoms with E-state index >= 15 is 0 Å². The van der Waals surface area contributed by atoms with Crippen LogP contribution in [0.4, 0.5) is 15.8 Å². The van der Waals surface area contributed by atoms with Crippen LogP contribution in [0.3, 0.4) is 0 Å². The summed E-state index contributed by atoms with van der Waals surface area (Å²) in [6.45, 7) is 4.06. The number of amides is 1. The Morgan fingerprint density at radius 3 is 2.57 bits per heavy atom. The van der Waals surface area contributed by atoms with Gasteiger partial charge in [-0.15, -0.1) is 0 Å². The number of carbonyl (C=O) groups excluding carboxylic acids is 1. The number of anilines is 2. The summed E-state index contributed by atoms with van der Waals surface area (Å²) in [5.74, 6) is 1.01. The van der Waals surface area contributed by atoms with E-state index in [9.17, 15) is 9.18 Å². The highest BCUT2D eigenvalue weighted by molar-refractivity contribution is 5.92. The predicted octanol–water partition coefficient (Wildman–Crippen LogP) is 1.58. The van der Waals surface area contributed by atoms with Crippen molar-refractivity contribution in [3.8, 4) is 11.5 Å². The van der Waals surface area contributed by atoms with E-state index in [1.54, 1.807) is 38.5 Å². The van der Waals surface area contributed by atoms with Crippen molar-refractivity contribution in [3.05, 3.63) is 48.3 Å². The monoisotopic (exact) mass is 388 g/mol. The SMILES string of the molecule is COc1ccc(OC)c(NC(=O)CC[NH+]2CCN(c3ccccc3F)CC2)c1. The van der Waals surface area contributed by atoms with Gasteiger partial charge in [-0.3, -0.25) is 4.79 Å². The highest BCUT2D eigenvalue weighted by Crippen LogP contribution is 2.28. The van der Waals surface area contributed by atoms with Crippen LogP contribution >= 0.6 is 0 Å². The van der Waals surface area contributed by atoms with Crippen LogP contribution in [0, 0.1) is 5.82 Å². The van der Waals surface area contributed by atoms with E-state index < -0.39 is 0 Å². The van der Waals surface area contributed by atoms with E-state index in [1.165, 1.54) is 11.0 Å². The Labute approximate surface area is 164 Å². The van der Waals surface area contributed by atoms with Crippen LogP contribution in [0.2, 0.25) is 0 Å². The molecule has 0 bridgehead atoms. The van der Waals surface area contributed by atoms with E-state index in [0.717, 1.165) is 32.7 Å². The first-order chi connectivity index (χ1) is 13.6. The number of nitrogens with one attached hydrogen (secondary N) is 2. The number of ether oxygens (including phenoxy) is 2. The third-order valence-electron chi connectivity index (χ3n) is 5.05. The molecule has 0 aromatic heterocycles. The van der Waals surface area contributed by atoms with Gasteiger partial charge < -0.3 is 24.6 Å². The zero-order chi connectivity index (χ0) is 19.9. The average Bonchev–Trinajstić information content (AvgIpc) is 2.73. The average molecular weight is 388 g/mol. The van der Waals surface area contributed by atoms with Crippen molar-refractivity contribution in [3.63, 3.8) is 0 Å². The van der Waals surface area contributed by atoms with Gasteiger partial charge in [0.2, 0.25) is 5.91 Å². The number of hydrogen-bond acceptors (Lipinski definition) is 4. The Kier molecular flexibility index (Phi) is 6.71. The van der Waals surface area contributed by atoms with Crippen molar-refractivity contribution < 1.29 is 23.6 Å². The number of halogens is 1. The first-order valence-electron chi connectivity index (χ1n) is 9.45. The molecule has 0 unspecified atom stereocenters. The van der Waals surface area contributed by atoms with Crippen LogP contribution in [0.25, 0.3) is 0 Å². The standard InChI is InChI=1S/C21H26FN3O3/c1-27-16-7-8-20(28-2)18(15-16)23-21(26)9-10-24-11-13-25(14-12-24)19-6-4-3-5-17(19)22/h3-8,15H,9-14H2,1-2H3,(H,23,26)/p+1. The molecule has 2 aromatic rings. The number of nitrogens with zero attached hydrogens (tertiary/aromatic N) is 1. The number of para-hydroxylation sites is 1. The van der Waals surface area contributed by atoms with E-state index in [2.05, 4.69) is 10.2 Å². The minimum Gasteiger partial charge on any atom is -0.497 e. The van der Waals surface area contributed by atoms with Crippen LogP contribution in [-0.2, 0) is 4.79 Å². The highest BCUT2D eigenvalue weighted by atomic mass is 19.1. The molecule has 1 aliphatic rings. The predicted molar refractivity (Wildman–Crippen MR) is 107 cm³/mol. The van der Waals surface area contributed by atoms with Crippen molar-refractivity contribution in [2.45, 2.75) is 6.42 Å². The van der Waals surface area contributed by atoms with Gasteiger partial charge in [0.05, 0.1) is 64.7 Å². The lowest BCUT2D eigenvalue weighted by atomic mass is 10.2. The van der Waals surface area contributed by atoms with Crippen molar-refractivity contribution in [1.29, 1.82) is 0 Å². The summed E-state index contributed by atoms with van der Waals surface area (Å²) >= 11 is 0. The third kappa shape index (κ3) is 4.92. The summed E-state index contributed by atoms with van der Waals surface area (Å²) in [5.41, 5.74) is 1.26. The molecule has 6 nitrogen and oxygen atoms in total. The molecule has 150 valence electrons. The molecular formula is C21H27FN3O3+. The largest absolute Gasteiger partial charge is 0.497 e. The van der Waals surface area contributed by atoms with E-state index in [-0.39, 0.29) is 11.7 Å². The van der Waals surface area contributed by atoms with Gasteiger partial charge in [-0.1, -0.05) is 12.1 Å². The Hall–Kier alpha value is -2.80. The highest BCUT2D eigenvalue weighted by Gasteiger charge is 2.22. The smallest absolute Gasteiger partial charge is 0.230 e. The maximum atomic E-state index is 13.9. The summed E-state index contributed by atoms with van der Waals surface area (Å²) in [6, 6.07) is 12.2. The molecule has 0 saturated carbocycles. The van der Waals surface area contributed by atoms with Gasteiger partial charge in [0, 0.05) is 6.07 Å². The molecular weight excluding hydrogens is 361 g/mol. The fraction of sp³-hybridized carbons (Fsp3) is 0.381. The molecule has 2 aromatic carbocycles. The van der Waals surface area contributed by atoms with Gasteiger partial charge in [0.25, 0.3) is 0 Å². The molecule has 2 N–H and O–H groups in total. The lowest BCUT2D eigenvalue weighted by Gasteiger charge is -2.33. The number of hydrogen-bond donors (Lipinski definition) is 2. The first-order valence-corrected chi connectivity index (χ1v) is 9.45. The van der Waals surface area contributed by atoms with Gasteiger partial charge in [0.15, 0.2) is 0 Å². The summed E-state index contributed by atoms with van der Waals surface area (Å²) in [4.78, 5) is 15.8. The van der Waals surface area contributed by atoms with Crippen molar-refractivity contribution >= 4 is 17.3 Å². The molecule has 1 aliphatic heterocycles. The lowest BCUT2D eigenvalue weighted by molar-refractivity contribution is -0.900. The zero-order valence-corrected chi connectivity index (χ0v) is 16.3. The third-order valence-corrected chi connectivity index (χ3v) is 5.05. The fourth-order valence-electron chi connectivity index (χ4n) is 3.44. The molecule has 1 fully saturated rings. The number of piperazine rings is 1. The summed E-state index contributed by atoms with van der Waals surface area (Å²) in [5, 5.41) is 2.90. The second-order valence-corrected chi connectivity index (χ2v) is 6.80. The zero-order valence-electron chi connectivity index (χ0n) is 16.3. The van der Waals surface area contributed by atoms with Crippen LogP contribution in [-0.4, -0.2) is 52.9 Å². The molecule has 1 amide bonds. The molecule has 0 atom stereocenters. The van der Waals surface area contributed by atoms with Crippen LogP contribution in [0.5, 0.6) is 11.5 Å². The Balaban J connectivity index is 1.48. The number of carbonyl (C=O) groups is 1. The first kappa shape index (κ1) is 19.9.